The normalized spacial score (nSPS) is 14.7. The van der Waals surface area contributed by atoms with E-state index in [1.807, 2.05) is 19.1 Å². The van der Waals surface area contributed by atoms with E-state index in [4.69, 9.17) is 9.47 Å². The molecule has 3 rings (SSSR count). The van der Waals surface area contributed by atoms with Gasteiger partial charge in [-0.2, -0.15) is 0 Å². The Balaban J connectivity index is 1.66. The molecule has 7 nitrogen and oxygen atoms in total. The van der Waals surface area contributed by atoms with Crippen molar-refractivity contribution in [2.75, 3.05) is 20.8 Å². The molecule has 1 fully saturated rings. The van der Waals surface area contributed by atoms with Crippen LogP contribution < -0.4 is 19.5 Å². The van der Waals surface area contributed by atoms with Crippen molar-refractivity contribution in [3.05, 3.63) is 53.1 Å². The second-order valence-corrected chi connectivity index (χ2v) is 9.89. The van der Waals surface area contributed by atoms with E-state index in [2.05, 4.69) is 10.0 Å². The molecule has 0 aliphatic heterocycles. The van der Waals surface area contributed by atoms with Crippen molar-refractivity contribution in [2.45, 2.75) is 56.4 Å². The van der Waals surface area contributed by atoms with Crippen LogP contribution in [0.3, 0.4) is 0 Å². The van der Waals surface area contributed by atoms with E-state index in [0.29, 0.717) is 23.5 Å². The number of carbonyl (C=O) groups is 1. The molecule has 2 aromatic rings. The van der Waals surface area contributed by atoms with Crippen LogP contribution in [0.15, 0.2) is 41.3 Å². The molecule has 32 heavy (non-hydrogen) atoms. The second-order valence-electron chi connectivity index (χ2n) is 8.12. The number of sulfonamides is 1. The molecule has 1 aliphatic rings. The first-order valence-electron chi connectivity index (χ1n) is 11.0. The molecule has 174 valence electrons. The molecule has 1 saturated carbocycles. The van der Waals surface area contributed by atoms with Gasteiger partial charge in [0.2, 0.25) is 10.0 Å². The Hall–Kier alpha value is -2.58. The lowest BCUT2D eigenvalue weighted by atomic mass is 9.95. The molecule has 0 spiro atoms. The Kier molecular flexibility index (Phi) is 8.15. The minimum absolute atomic E-state index is 0.0872. The molecular formula is C24H32N2O5S. The summed E-state index contributed by atoms with van der Waals surface area (Å²) in [6, 6.07) is 10.3. The van der Waals surface area contributed by atoms with Crippen LogP contribution in [0.2, 0.25) is 0 Å². The number of hydrogen-bond acceptors (Lipinski definition) is 5. The quantitative estimate of drug-likeness (QED) is 0.596. The van der Waals surface area contributed by atoms with Gasteiger partial charge in [-0.1, -0.05) is 31.4 Å². The molecule has 0 radical (unpaired) electrons. The number of rotatable bonds is 9. The van der Waals surface area contributed by atoms with Crippen molar-refractivity contribution in [1.82, 2.24) is 10.0 Å². The summed E-state index contributed by atoms with van der Waals surface area (Å²) in [5, 5.41) is 3.06. The van der Waals surface area contributed by atoms with Crippen LogP contribution in [0.5, 0.6) is 11.5 Å². The SMILES string of the molecule is COc1ccc(CCNS(=O)(=O)c2ccc(C)c(C(=O)NC3CCCCC3)c2)cc1OC. The molecule has 0 atom stereocenters. The average molecular weight is 461 g/mol. The maximum absolute atomic E-state index is 12.8. The van der Waals surface area contributed by atoms with Crippen LogP contribution in [-0.4, -0.2) is 41.1 Å². The van der Waals surface area contributed by atoms with Gasteiger partial charge in [-0.15, -0.1) is 0 Å². The first-order chi connectivity index (χ1) is 15.3. The number of methoxy groups -OCH3 is 2. The third-order valence-corrected chi connectivity index (χ3v) is 7.32. The van der Waals surface area contributed by atoms with Gasteiger partial charge in [0.1, 0.15) is 0 Å². The van der Waals surface area contributed by atoms with Gasteiger partial charge >= 0.3 is 0 Å². The molecule has 0 saturated heterocycles. The van der Waals surface area contributed by atoms with E-state index in [9.17, 15) is 13.2 Å². The molecule has 1 aliphatic carbocycles. The predicted octanol–water partition coefficient (Wildman–Crippen LogP) is 3.60. The fourth-order valence-corrected chi connectivity index (χ4v) is 5.03. The minimum Gasteiger partial charge on any atom is -0.493 e. The molecule has 8 heteroatoms. The first kappa shape index (κ1) is 24.1. The Morgan fingerprint density at radius 1 is 1.00 bits per heavy atom. The Labute approximate surface area is 190 Å². The maximum Gasteiger partial charge on any atom is 0.251 e. The summed E-state index contributed by atoms with van der Waals surface area (Å²) >= 11 is 0. The van der Waals surface area contributed by atoms with Crippen molar-refractivity contribution < 1.29 is 22.7 Å². The van der Waals surface area contributed by atoms with Crippen LogP contribution in [0.4, 0.5) is 0 Å². The Bertz CT molecular complexity index is 1050. The summed E-state index contributed by atoms with van der Waals surface area (Å²) in [4.78, 5) is 12.9. The fraction of sp³-hybridized carbons (Fsp3) is 0.458. The zero-order valence-electron chi connectivity index (χ0n) is 18.9. The van der Waals surface area contributed by atoms with Crippen molar-refractivity contribution in [3.63, 3.8) is 0 Å². The largest absolute Gasteiger partial charge is 0.493 e. The van der Waals surface area contributed by atoms with Crippen molar-refractivity contribution in [1.29, 1.82) is 0 Å². The summed E-state index contributed by atoms with van der Waals surface area (Å²) in [7, 11) is -0.625. The molecule has 0 bridgehead atoms. The molecule has 0 heterocycles. The van der Waals surface area contributed by atoms with E-state index in [1.165, 1.54) is 18.6 Å². The standard InChI is InChI=1S/C24H32N2O5S/c1-17-9-11-20(16-21(17)24(27)26-19-7-5-4-6-8-19)32(28,29)25-14-13-18-10-12-22(30-2)23(15-18)31-3/h9-12,15-16,19,25H,4-8,13-14H2,1-3H3,(H,26,27). The number of aryl methyl sites for hydroxylation is 1. The summed E-state index contributed by atoms with van der Waals surface area (Å²) < 4.78 is 38.8. The number of carbonyl (C=O) groups excluding carboxylic acids is 1. The van der Waals surface area contributed by atoms with Gasteiger partial charge in [-0.3, -0.25) is 4.79 Å². The van der Waals surface area contributed by atoms with Crippen LogP contribution in [-0.2, 0) is 16.4 Å². The lowest BCUT2D eigenvalue weighted by Gasteiger charge is -2.23. The van der Waals surface area contributed by atoms with Gasteiger partial charge in [0.25, 0.3) is 5.91 Å². The van der Waals surface area contributed by atoms with Gasteiger partial charge in [0.05, 0.1) is 19.1 Å². The lowest BCUT2D eigenvalue weighted by molar-refractivity contribution is 0.0927. The smallest absolute Gasteiger partial charge is 0.251 e. The topological polar surface area (TPSA) is 93.7 Å². The Morgan fingerprint density at radius 3 is 2.41 bits per heavy atom. The van der Waals surface area contributed by atoms with Crippen LogP contribution >= 0.6 is 0 Å². The summed E-state index contributed by atoms with van der Waals surface area (Å²) in [5.41, 5.74) is 2.07. The van der Waals surface area contributed by atoms with Crippen molar-refractivity contribution in [2.24, 2.45) is 0 Å². The fourth-order valence-electron chi connectivity index (χ4n) is 3.97. The number of hydrogen-bond donors (Lipinski definition) is 2. The number of nitrogens with one attached hydrogen (secondary N) is 2. The minimum atomic E-state index is -3.75. The van der Waals surface area contributed by atoms with Gasteiger partial charge in [0, 0.05) is 18.2 Å². The molecular weight excluding hydrogens is 428 g/mol. The Morgan fingerprint density at radius 2 is 1.72 bits per heavy atom. The van der Waals surface area contributed by atoms with Crippen molar-refractivity contribution >= 4 is 15.9 Å². The van der Waals surface area contributed by atoms with Crippen LogP contribution in [0, 0.1) is 6.92 Å². The number of benzene rings is 2. The highest BCUT2D eigenvalue weighted by Crippen LogP contribution is 2.27. The van der Waals surface area contributed by atoms with Gasteiger partial charge in [-0.25, -0.2) is 13.1 Å². The highest BCUT2D eigenvalue weighted by Gasteiger charge is 2.21. The van der Waals surface area contributed by atoms with E-state index < -0.39 is 10.0 Å². The molecule has 0 unspecified atom stereocenters. The molecule has 2 aromatic carbocycles. The van der Waals surface area contributed by atoms with E-state index in [0.717, 1.165) is 36.8 Å². The molecule has 0 aromatic heterocycles. The van der Waals surface area contributed by atoms with Gasteiger partial charge < -0.3 is 14.8 Å². The predicted molar refractivity (Wildman–Crippen MR) is 124 cm³/mol. The monoisotopic (exact) mass is 460 g/mol. The van der Waals surface area contributed by atoms with Crippen molar-refractivity contribution in [3.8, 4) is 11.5 Å². The second kappa shape index (κ2) is 10.8. The number of amides is 1. The molecule has 1 amide bonds. The van der Waals surface area contributed by atoms with Gasteiger partial charge in [0.15, 0.2) is 11.5 Å². The maximum atomic E-state index is 12.8. The molecule has 2 N–H and O–H groups in total. The summed E-state index contributed by atoms with van der Waals surface area (Å²) in [5.74, 6) is 1.01. The van der Waals surface area contributed by atoms with Crippen LogP contribution in [0.1, 0.15) is 53.6 Å². The number of ether oxygens (including phenoxy) is 2. The zero-order valence-corrected chi connectivity index (χ0v) is 19.8. The third kappa shape index (κ3) is 6.01. The van der Waals surface area contributed by atoms with E-state index >= 15 is 0 Å². The summed E-state index contributed by atoms with van der Waals surface area (Å²) in [6.45, 7) is 2.03. The zero-order chi connectivity index (χ0) is 23.1. The summed E-state index contributed by atoms with van der Waals surface area (Å²) in [6.07, 6.45) is 5.86. The highest BCUT2D eigenvalue weighted by molar-refractivity contribution is 7.89. The van der Waals surface area contributed by atoms with E-state index in [1.54, 1.807) is 26.4 Å². The first-order valence-corrected chi connectivity index (χ1v) is 12.4. The van der Waals surface area contributed by atoms with Crippen LogP contribution in [0.25, 0.3) is 0 Å². The van der Waals surface area contributed by atoms with Gasteiger partial charge in [-0.05, 0) is 61.6 Å². The average Bonchev–Trinajstić information content (AvgIpc) is 2.79. The lowest BCUT2D eigenvalue weighted by Crippen LogP contribution is -2.36. The third-order valence-electron chi connectivity index (χ3n) is 5.86. The van der Waals surface area contributed by atoms with E-state index in [-0.39, 0.29) is 23.4 Å². The highest BCUT2D eigenvalue weighted by atomic mass is 32.2.